The average molecular weight is 290 g/mol. The quantitative estimate of drug-likeness (QED) is 0.725. The first kappa shape index (κ1) is 16.2. The molecule has 0 saturated heterocycles. The normalized spacial score (nSPS) is 12.9. The van der Waals surface area contributed by atoms with Gasteiger partial charge in [-0.1, -0.05) is 41.5 Å². The highest BCUT2D eigenvalue weighted by atomic mass is 31.2. The van der Waals surface area contributed by atoms with Crippen LogP contribution in [0.2, 0.25) is 0 Å². The summed E-state index contributed by atoms with van der Waals surface area (Å²) in [6.07, 6.45) is 0. The summed E-state index contributed by atoms with van der Waals surface area (Å²) in [5.41, 5.74) is 0.538. The Morgan fingerprint density at radius 1 is 0.947 bits per heavy atom. The molecule has 0 heterocycles. The summed E-state index contributed by atoms with van der Waals surface area (Å²) in [7, 11) is -3.46. The number of phenolic OH excluding ortho intramolecular Hbond substituents is 1. The number of phenols is 1. The van der Waals surface area contributed by atoms with E-state index in [1.807, 2.05) is 41.5 Å². The van der Waals surface area contributed by atoms with E-state index in [4.69, 9.17) is 0 Å². The van der Waals surface area contributed by atoms with Gasteiger partial charge in [0, 0.05) is 11.1 Å². The molecule has 0 atom stereocenters. The molecule has 1 aromatic carbocycles. The van der Waals surface area contributed by atoms with Crippen LogP contribution in [-0.2, 0) is 10.8 Å². The van der Waals surface area contributed by atoms with Crippen LogP contribution in [0.15, 0.2) is 12.1 Å². The largest absolute Gasteiger partial charge is 0.507 e. The zero-order valence-electron chi connectivity index (χ0n) is 12.2. The van der Waals surface area contributed by atoms with Crippen molar-refractivity contribution in [2.45, 2.75) is 52.4 Å². The first-order valence-corrected chi connectivity index (χ1v) is 7.14. The number of hydrogen-bond donors (Lipinski definition) is 1. The first-order valence-electron chi connectivity index (χ1n) is 6.10. The van der Waals surface area contributed by atoms with Gasteiger partial charge in [0.25, 0.3) is 0 Å². The van der Waals surface area contributed by atoms with Crippen molar-refractivity contribution < 1.29 is 18.0 Å². The van der Waals surface area contributed by atoms with E-state index in [-0.39, 0.29) is 22.3 Å². The van der Waals surface area contributed by atoms with E-state index in [2.05, 4.69) is 4.52 Å². The minimum atomic E-state index is -3.46. The molecule has 1 N–H and O–H groups in total. The minimum absolute atomic E-state index is 0.115. The third-order valence-electron chi connectivity index (χ3n) is 2.87. The summed E-state index contributed by atoms with van der Waals surface area (Å²) < 4.78 is 29.5. The Balaban J connectivity index is 3.48. The summed E-state index contributed by atoms with van der Waals surface area (Å²) in [5, 5.41) is 10.4. The van der Waals surface area contributed by atoms with Crippen LogP contribution in [0.1, 0.15) is 52.7 Å². The molecule has 0 fully saturated rings. The monoisotopic (exact) mass is 290 g/mol. The average Bonchev–Trinajstić information content (AvgIpc) is 2.16. The molecule has 0 aliphatic rings. The van der Waals surface area contributed by atoms with E-state index in [1.54, 1.807) is 0 Å². The molecule has 1 aromatic rings. The van der Waals surface area contributed by atoms with Crippen molar-refractivity contribution in [1.82, 2.24) is 0 Å². The van der Waals surface area contributed by atoms with Crippen molar-refractivity contribution in [2.75, 3.05) is 0 Å². The van der Waals surface area contributed by atoms with Crippen LogP contribution < -0.4 is 4.52 Å². The lowest BCUT2D eigenvalue weighted by Crippen LogP contribution is -2.17. The van der Waals surface area contributed by atoms with Gasteiger partial charge in [0.1, 0.15) is 11.5 Å². The molecule has 0 aliphatic heterocycles. The highest BCUT2D eigenvalue weighted by molar-refractivity contribution is 7.41. The Morgan fingerprint density at radius 3 is 1.58 bits per heavy atom. The molecular formula is C14H21F2O2P. The molecule has 108 valence electrons. The molecule has 19 heavy (non-hydrogen) atoms. The minimum Gasteiger partial charge on any atom is -0.507 e. The van der Waals surface area contributed by atoms with E-state index in [0.717, 1.165) is 0 Å². The van der Waals surface area contributed by atoms with Crippen molar-refractivity contribution in [2.24, 2.45) is 0 Å². The third-order valence-corrected chi connectivity index (χ3v) is 3.22. The molecule has 2 nitrogen and oxygen atoms in total. The van der Waals surface area contributed by atoms with E-state index in [9.17, 15) is 13.5 Å². The Kier molecular flexibility index (Phi) is 4.46. The zero-order chi connectivity index (χ0) is 15.0. The highest BCUT2D eigenvalue weighted by Gasteiger charge is 2.27. The number of aromatic hydroxyl groups is 1. The molecule has 0 unspecified atom stereocenters. The van der Waals surface area contributed by atoms with E-state index < -0.39 is 8.77 Å². The van der Waals surface area contributed by atoms with Crippen LogP contribution in [0.25, 0.3) is 0 Å². The van der Waals surface area contributed by atoms with Gasteiger partial charge >= 0.3 is 8.77 Å². The predicted molar refractivity (Wildman–Crippen MR) is 75.3 cm³/mol. The fourth-order valence-electron chi connectivity index (χ4n) is 1.88. The summed E-state index contributed by atoms with van der Waals surface area (Å²) in [4.78, 5) is 0. The number of halogens is 2. The lowest BCUT2D eigenvalue weighted by Gasteiger charge is -2.27. The Labute approximate surface area is 114 Å². The van der Waals surface area contributed by atoms with Crippen LogP contribution in [-0.4, -0.2) is 5.11 Å². The maximum Gasteiger partial charge on any atom is 0.481 e. The van der Waals surface area contributed by atoms with Crippen molar-refractivity contribution in [1.29, 1.82) is 0 Å². The molecule has 0 spiro atoms. The third kappa shape index (κ3) is 4.04. The van der Waals surface area contributed by atoms with Crippen molar-refractivity contribution in [3.8, 4) is 11.5 Å². The van der Waals surface area contributed by atoms with E-state index >= 15 is 0 Å². The second-order valence-electron chi connectivity index (χ2n) is 6.66. The summed E-state index contributed by atoms with van der Waals surface area (Å²) in [6, 6.07) is 3.00. The molecule has 0 aliphatic carbocycles. The SMILES string of the molecule is CC(C)(C)c1cc(OP(F)F)cc(C(C)(C)C)c1O. The molecule has 0 amide bonds. The van der Waals surface area contributed by atoms with Gasteiger partial charge in [0.15, 0.2) is 0 Å². The van der Waals surface area contributed by atoms with E-state index in [1.165, 1.54) is 12.1 Å². The molecule has 0 radical (unpaired) electrons. The topological polar surface area (TPSA) is 29.5 Å². The maximum absolute atomic E-state index is 12.5. The van der Waals surface area contributed by atoms with Gasteiger partial charge in [-0.15, -0.1) is 8.39 Å². The maximum atomic E-state index is 12.5. The fraction of sp³-hybridized carbons (Fsp3) is 0.571. The van der Waals surface area contributed by atoms with Crippen LogP contribution in [0, 0.1) is 0 Å². The zero-order valence-corrected chi connectivity index (χ0v) is 13.1. The van der Waals surface area contributed by atoms with Crippen LogP contribution in [0.3, 0.4) is 0 Å². The van der Waals surface area contributed by atoms with Crippen molar-refractivity contribution in [3.05, 3.63) is 23.3 Å². The molecular weight excluding hydrogens is 269 g/mol. The Hall–Kier alpha value is -0.890. The number of rotatable bonds is 2. The van der Waals surface area contributed by atoms with Crippen LogP contribution >= 0.6 is 8.77 Å². The predicted octanol–water partition coefficient (Wildman–Crippen LogP) is 5.53. The molecule has 0 saturated carbocycles. The molecule has 1 rings (SSSR count). The standard InChI is InChI=1S/C14H21F2O2P/c1-13(2,3)10-7-9(18-19(15)16)8-11(12(10)17)14(4,5)6/h7-8,17H,1-6H3. The van der Waals surface area contributed by atoms with Crippen LogP contribution in [0.5, 0.6) is 11.5 Å². The van der Waals surface area contributed by atoms with Gasteiger partial charge in [-0.25, -0.2) is 0 Å². The van der Waals surface area contributed by atoms with Gasteiger partial charge in [0.05, 0.1) is 0 Å². The van der Waals surface area contributed by atoms with E-state index in [0.29, 0.717) is 11.1 Å². The summed E-state index contributed by atoms with van der Waals surface area (Å²) in [6.45, 7) is 11.5. The van der Waals surface area contributed by atoms with Gasteiger partial charge < -0.3 is 9.63 Å². The van der Waals surface area contributed by atoms with Gasteiger partial charge in [-0.3, -0.25) is 0 Å². The number of benzene rings is 1. The highest BCUT2D eigenvalue weighted by Crippen LogP contribution is 2.46. The lowest BCUT2D eigenvalue weighted by atomic mass is 9.79. The summed E-state index contributed by atoms with van der Waals surface area (Å²) in [5.74, 6) is 0.276. The molecule has 5 heteroatoms. The van der Waals surface area contributed by atoms with Gasteiger partial charge in [-0.2, -0.15) is 0 Å². The second kappa shape index (κ2) is 5.24. The second-order valence-corrected chi connectivity index (χ2v) is 7.25. The van der Waals surface area contributed by atoms with Crippen molar-refractivity contribution >= 4 is 8.77 Å². The van der Waals surface area contributed by atoms with Gasteiger partial charge in [0.2, 0.25) is 0 Å². The van der Waals surface area contributed by atoms with Crippen LogP contribution in [0.4, 0.5) is 8.39 Å². The Bertz CT molecular complexity index is 424. The van der Waals surface area contributed by atoms with Gasteiger partial charge in [-0.05, 0) is 23.0 Å². The Morgan fingerprint density at radius 2 is 1.32 bits per heavy atom. The molecule has 0 bridgehead atoms. The lowest BCUT2D eigenvalue weighted by molar-refractivity contribution is 0.418. The first-order chi connectivity index (χ1) is 8.43. The number of hydrogen-bond acceptors (Lipinski definition) is 2. The van der Waals surface area contributed by atoms with Crippen molar-refractivity contribution in [3.63, 3.8) is 0 Å². The molecule has 0 aromatic heterocycles. The smallest absolute Gasteiger partial charge is 0.481 e. The summed E-state index contributed by atoms with van der Waals surface area (Å²) >= 11 is 0. The fourth-order valence-corrected chi connectivity index (χ4v) is 2.15.